The van der Waals surface area contributed by atoms with Crippen LogP contribution in [0.3, 0.4) is 0 Å². The van der Waals surface area contributed by atoms with Gasteiger partial charge in [0.2, 0.25) is 23.6 Å². The van der Waals surface area contributed by atoms with Gasteiger partial charge < -0.3 is 15.0 Å². The summed E-state index contributed by atoms with van der Waals surface area (Å²) >= 11 is 6.28. The molecule has 2 saturated heterocycles. The van der Waals surface area contributed by atoms with Crippen molar-refractivity contribution in [2.24, 2.45) is 21.7 Å². The fourth-order valence-electron chi connectivity index (χ4n) is 12.1. The van der Waals surface area contributed by atoms with Crippen molar-refractivity contribution in [2.45, 2.75) is 129 Å². The molecule has 8 aliphatic rings. The standard InChI is InChI=1S/C45H51ClN6O7/c1-42(2)38(43(3,4)39(42)59-29-6-5-25(22-47)32(46)21-29)49-40(57)44-11-14-45(15-12-44,16-13-44)41(58)50-17-9-28(10-18-50)51-23-26-19-30-31(20-27(26)24-51)37(56)52(36(30)55)33-7-8-34(53)48-35(33)54/h5-6,19-21,28,33,38-39H,7-18,23-24H2,1-4H3,(H,49,57)(H,48,53,54). The number of amides is 6. The van der Waals surface area contributed by atoms with Gasteiger partial charge in [-0.25, -0.2) is 0 Å². The maximum Gasteiger partial charge on any atom is 0.262 e. The van der Waals surface area contributed by atoms with Crippen molar-refractivity contribution in [1.29, 1.82) is 5.26 Å². The summed E-state index contributed by atoms with van der Waals surface area (Å²) in [6, 6.07) is 9.93. The lowest BCUT2D eigenvalue weighted by atomic mass is 9.48. The van der Waals surface area contributed by atoms with Crippen molar-refractivity contribution in [3.05, 3.63) is 63.2 Å². The van der Waals surface area contributed by atoms with E-state index in [1.807, 2.05) is 4.90 Å². The molecule has 0 radical (unpaired) electrons. The van der Waals surface area contributed by atoms with Gasteiger partial charge in [-0.1, -0.05) is 39.3 Å². The van der Waals surface area contributed by atoms with Crippen molar-refractivity contribution in [3.63, 3.8) is 0 Å². The molecule has 6 amide bonds. The molecule has 0 spiro atoms. The number of benzene rings is 2. The number of fused-ring (bicyclic) bond motifs is 5. The summed E-state index contributed by atoms with van der Waals surface area (Å²) in [6.07, 6.45) is 5.92. The quantitative estimate of drug-likeness (QED) is 0.354. The lowest BCUT2D eigenvalue weighted by Crippen LogP contribution is -2.75. The second kappa shape index (κ2) is 13.9. The van der Waals surface area contributed by atoms with Gasteiger partial charge in [-0.15, -0.1) is 0 Å². The third-order valence-corrected chi connectivity index (χ3v) is 15.7. The highest BCUT2D eigenvalue weighted by atomic mass is 35.5. The molecule has 4 heterocycles. The molecule has 1 unspecified atom stereocenters. The molecule has 59 heavy (non-hydrogen) atoms. The van der Waals surface area contributed by atoms with Crippen LogP contribution in [0.1, 0.15) is 129 Å². The normalized spacial score (nSPS) is 30.9. The molecule has 2 N–H and O–H groups in total. The first-order valence-corrected chi connectivity index (χ1v) is 21.4. The van der Waals surface area contributed by atoms with Crippen LogP contribution >= 0.6 is 11.6 Å². The number of nitrogens with zero attached hydrogens (tertiary/aromatic N) is 4. The first kappa shape index (κ1) is 39.6. The van der Waals surface area contributed by atoms with Crippen molar-refractivity contribution in [2.75, 3.05) is 13.1 Å². The van der Waals surface area contributed by atoms with Gasteiger partial charge in [-0.2, -0.15) is 5.26 Å². The Balaban J connectivity index is 0.775. The number of nitrogens with one attached hydrogen (secondary N) is 2. The zero-order chi connectivity index (χ0) is 41.8. The van der Waals surface area contributed by atoms with Gasteiger partial charge in [0.05, 0.1) is 21.7 Å². The predicted molar refractivity (Wildman–Crippen MR) is 215 cm³/mol. The first-order chi connectivity index (χ1) is 28.0. The molecule has 14 heteroatoms. The van der Waals surface area contributed by atoms with E-state index in [0.717, 1.165) is 28.9 Å². The molecule has 0 aromatic heterocycles. The number of ether oxygens (including phenoxy) is 1. The van der Waals surface area contributed by atoms with Crippen LogP contribution in [0.25, 0.3) is 0 Å². The van der Waals surface area contributed by atoms with Crippen molar-refractivity contribution < 1.29 is 33.5 Å². The lowest BCUT2D eigenvalue weighted by Gasteiger charge is -2.64. The minimum absolute atomic E-state index is 0.0807. The van der Waals surface area contributed by atoms with Gasteiger partial charge >= 0.3 is 0 Å². The summed E-state index contributed by atoms with van der Waals surface area (Å²) in [5.41, 5.74) is 1.39. The maximum absolute atomic E-state index is 14.3. The van der Waals surface area contributed by atoms with E-state index < -0.39 is 40.5 Å². The zero-order valence-corrected chi connectivity index (χ0v) is 34.9. The Morgan fingerprint density at radius 2 is 1.42 bits per heavy atom. The molecule has 1 atom stereocenters. The summed E-state index contributed by atoms with van der Waals surface area (Å²) in [5.74, 6) is -1.09. The molecule has 13 nitrogen and oxygen atoms in total. The highest BCUT2D eigenvalue weighted by molar-refractivity contribution is 6.31. The monoisotopic (exact) mass is 822 g/mol. The number of carbonyl (C=O) groups is 6. The second-order valence-corrected chi connectivity index (χ2v) is 19.8. The van der Waals surface area contributed by atoms with E-state index in [-0.39, 0.29) is 53.7 Å². The Hall–Kier alpha value is -4.80. The molecular weight excluding hydrogens is 772 g/mol. The average Bonchev–Trinajstić information content (AvgIpc) is 3.75. The Bertz CT molecular complexity index is 2170. The highest BCUT2D eigenvalue weighted by Crippen LogP contribution is 2.60. The molecule has 2 aromatic carbocycles. The van der Waals surface area contributed by atoms with E-state index in [2.05, 4.69) is 49.3 Å². The summed E-state index contributed by atoms with van der Waals surface area (Å²) < 4.78 is 6.44. The fourth-order valence-corrected chi connectivity index (χ4v) is 12.4. The van der Waals surface area contributed by atoms with Crippen LogP contribution in [-0.4, -0.2) is 87.5 Å². The molecule has 2 aromatic rings. The Morgan fingerprint density at radius 1 is 0.847 bits per heavy atom. The SMILES string of the molecule is CC1(C)C(NC(=O)C23CCC(C(=O)N4CCC(N5Cc6cc7c(cc6C5)C(=O)N(C5CCC(=O)NC5=O)C7=O)CC4)(CC2)CC3)C(C)(C)C1Oc1ccc(C#N)c(Cl)c1. The molecule has 4 saturated carbocycles. The van der Waals surface area contributed by atoms with Gasteiger partial charge in [0.25, 0.3) is 11.8 Å². The molecule has 4 aliphatic carbocycles. The summed E-state index contributed by atoms with van der Waals surface area (Å²) in [6.45, 7) is 11.1. The van der Waals surface area contributed by atoms with E-state index in [1.165, 1.54) is 0 Å². The minimum atomic E-state index is -0.987. The van der Waals surface area contributed by atoms with Gasteiger partial charge in [0.1, 0.15) is 24.0 Å². The number of nitriles is 1. The Morgan fingerprint density at radius 3 is 1.97 bits per heavy atom. The number of likely N-dealkylation sites (tertiary alicyclic amines) is 1. The number of rotatable bonds is 7. The molecule has 4 aliphatic heterocycles. The zero-order valence-electron chi connectivity index (χ0n) is 34.1. The number of imide groups is 2. The number of halogens is 1. The van der Waals surface area contributed by atoms with Crippen LogP contribution in [0.5, 0.6) is 5.75 Å². The van der Waals surface area contributed by atoms with Crippen LogP contribution in [0.15, 0.2) is 30.3 Å². The van der Waals surface area contributed by atoms with Crippen LogP contribution in [0.2, 0.25) is 5.02 Å². The average molecular weight is 823 g/mol. The summed E-state index contributed by atoms with van der Waals surface area (Å²) in [5, 5.41) is 15.3. The third kappa shape index (κ3) is 6.18. The maximum atomic E-state index is 14.3. The first-order valence-electron chi connectivity index (χ1n) is 21.1. The Kier molecular flexibility index (Phi) is 9.33. The van der Waals surface area contributed by atoms with Crippen LogP contribution in [0, 0.1) is 33.0 Å². The third-order valence-electron chi connectivity index (χ3n) is 15.4. The topological polar surface area (TPSA) is 169 Å². The van der Waals surface area contributed by atoms with Crippen molar-refractivity contribution >= 4 is 47.0 Å². The van der Waals surface area contributed by atoms with Crippen molar-refractivity contribution in [1.82, 2.24) is 25.3 Å². The van der Waals surface area contributed by atoms with Gasteiger partial charge in [-0.3, -0.25) is 43.9 Å². The minimum Gasteiger partial charge on any atom is -0.489 e. The summed E-state index contributed by atoms with van der Waals surface area (Å²) in [4.78, 5) is 84.8. The largest absolute Gasteiger partial charge is 0.489 e. The van der Waals surface area contributed by atoms with E-state index in [4.69, 9.17) is 16.3 Å². The second-order valence-electron chi connectivity index (χ2n) is 19.4. The molecule has 6 fully saturated rings. The molecular formula is C45H51ClN6O7. The van der Waals surface area contributed by atoms with Crippen LogP contribution in [-0.2, 0) is 32.3 Å². The Labute approximate surface area is 349 Å². The highest BCUT2D eigenvalue weighted by Gasteiger charge is 2.65. The van der Waals surface area contributed by atoms with Crippen LogP contribution < -0.4 is 15.4 Å². The number of carbonyl (C=O) groups excluding carboxylic acids is 6. The molecule has 2 bridgehead atoms. The van der Waals surface area contributed by atoms with E-state index >= 15 is 0 Å². The molecule has 10 rings (SSSR count). The fraction of sp³-hybridized carbons (Fsp3) is 0.578. The summed E-state index contributed by atoms with van der Waals surface area (Å²) in [7, 11) is 0. The predicted octanol–water partition coefficient (Wildman–Crippen LogP) is 5.26. The van der Waals surface area contributed by atoms with E-state index in [1.54, 1.807) is 30.3 Å². The van der Waals surface area contributed by atoms with Gasteiger partial charge in [0, 0.05) is 72.4 Å². The molecule has 310 valence electrons. The van der Waals surface area contributed by atoms with Gasteiger partial charge in [-0.05, 0) is 93.2 Å². The van der Waals surface area contributed by atoms with Gasteiger partial charge in [0.15, 0.2) is 0 Å². The van der Waals surface area contributed by atoms with Crippen LogP contribution in [0.4, 0.5) is 0 Å². The lowest BCUT2D eigenvalue weighted by molar-refractivity contribution is -0.181. The smallest absolute Gasteiger partial charge is 0.262 e. The van der Waals surface area contributed by atoms with E-state index in [0.29, 0.717) is 92.2 Å². The number of piperidine rings is 2. The van der Waals surface area contributed by atoms with Crippen molar-refractivity contribution in [3.8, 4) is 11.8 Å². The number of hydrogen-bond acceptors (Lipinski definition) is 9. The number of hydrogen-bond donors (Lipinski definition) is 2. The van der Waals surface area contributed by atoms with E-state index in [9.17, 15) is 34.0 Å².